The maximum Gasteiger partial charge on any atom is 0.0480 e. The molecule has 3 nitrogen and oxygen atoms in total. The Morgan fingerprint density at radius 2 is 1.84 bits per heavy atom. The largest absolute Gasteiger partial charge is 0.381 e. The van der Waals surface area contributed by atoms with E-state index in [1.165, 1.54) is 16.7 Å². The van der Waals surface area contributed by atoms with Gasteiger partial charge in [-0.2, -0.15) is 0 Å². The number of hydrogen-bond acceptors (Lipinski definition) is 3. The summed E-state index contributed by atoms with van der Waals surface area (Å²) in [7, 11) is 2.21. The van der Waals surface area contributed by atoms with Crippen molar-refractivity contribution in [2.45, 2.75) is 38.8 Å². The second-order valence-corrected chi connectivity index (χ2v) is 5.57. The summed E-state index contributed by atoms with van der Waals surface area (Å²) >= 11 is 0. The Labute approximate surface area is 116 Å². The van der Waals surface area contributed by atoms with Crippen LogP contribution >= 0.6 is 0 Å². The third-order valence-electron chi connectivity index (χ3n) is 4.36. The van der Waals surface area contributed by atoms with E-state index >= 15 is 0 Å². The Morgan fingerprint density at radius 3 is 2.37 bits per heavy atom. The molecule has 0 radical (unpaired) electrons. The van der Waals surface area contributed by atoms with Crippen LogP contribution in [0.1, 0.15) is 35.6 Å². The Morgan fingerprint density at radius 1 is 1.26 bits per heavy atom. The Bertz CT molecular complexity index is 393. The van der Waals surface area contributed by atoms with Crippen molar-refractivity contribution < 1.29 is 4.74 Å². The fourth-order valence-electron chi connectivity index (χ4n) is 3.19. The first-order chi connectivity index (χ1) is 9.15. The normalized spacial score (nSPS) is 18.8. The van der Waals surface area contributed by atoms with E-state index < -0.39 is 0 Å². The van der Waals surface area contributed by atoms with Crippen molar-refractivity contribution in [1.82, 2.24) is 4.90 Å². The Kier molecular flexibility index (Phi) is 4.97. The molecule has 0 aliphatic carbocycles. The highest BCUT2D eigenvalue weighted by atomic mass is 16.5. The lowest BCUT2D eigenvalue weighted by Crippen LogP contribution is -2.42. The van der Waals surface area contributed by atoms with Crippen molar-refractivity contribution in [3.05, 3.63) is 34.9 Å². The summed E-state index contributed by atoms with van der Waals surface area (Å²) in [5.74, 6) is 0. The second-order valence-electron chi connectivity index (χ2n) is 5.57. The highest BCUT2D eigenvalue weighted by Crippen LogP contribution is 2.29. The lowest BCUT2D eigenvalue weighted by Gasteiger charge is -2.38. The van der Waals surface area contributed by atoms with Crippen LogP contribution in [-0.2, 0) is 4.74 Å². The minimum Gasteiger partial charge on any atom is -0.381 e. The number of ether oxygens (including phenoxy) is 1. The molecule has 1 aliphatic rings. The number of nitrogens with zero attached hydrogens (tertiary/aromatic N) is 1. The van der Waals surface area contributed by atoms with Gasteiger partial charge in [-0.3, -0.25) is 4.90 Å². The molecule has 1 heterocycles. The standard InChI is InChI=1S/C16H26N2O/c1-12-5-4-6-13(2)16(12)15(11-17)18(3)14-7-9-19-10-8-14/h4-6,14-15H,7-11,17H2,1-3H3. The molecule has 0 amide bonds. The molecule has 1 fully saturated rings. The van der Waals surface area contributed by atoms with Crippen molar-refractivity contribution >= 4 is 0 Å². The predicted molar refractivity (Wildman–Crippen MR) is 79.3 cm³/mol. The molecule has 2 rings (SSSR count). The molecule has 1 saturated heterocycles. The van der Waals surface area contributed by atoms with Gasteiger partial charge in [-0.25, -0.2) is 0 Å². The first kappa shape index (κ1) is 14.5. The molecule has 0 aromatic heterocycles. The van der Waals surface area contributed by atoms with Crippen molar-refractivity contribution in [2.24, 2.45) is 5.73 Å². The minimum absolute atomic E-state index is 0.310. The molecule has 1 aliphatic heterocycles. The monoisotopic (exact) mass is 262 g/mol. The zero-order valence-corrected chi connectivity index (χ0v) is 12.4. The van der Waals surface area contributed by atoms with Gasteiger partial charge in [0.1, 0.15) is 0 Å². The van der Waals surface area contributed by atoms with Crippen LogP contribution in [0.2, 0.25) is 0 Å². The first-order valence-electron chi connectivity index (χ1n) is 7.21. The van der Waals surface area contributed by atoms with Crippen molar-refractivity contribution in [3.8, 4) is 0 Å². The fraction of sp³-hybridized carbons (Fsp3) is 0.625. The van der Waals surface area contributed by atoms with Gasteiger partial charge in [-0.05, 0) is 50.4 Å². The van der Waals surface area contributed by atoms with Gasteiger partial charge in [0, 0.05) is 31.8 Å². The molecule has 106 valence electrons. The van der Waals surface area contributed by atoms with Gasteiger partial charge in [0.15, 0.2) is 0 Å². The van der Waals surface area contributed by atoms with E-state index in [2.05, 4.69) is 44.0 Å². The summed E-state index contributed by atoms with van der Waals surface area (Å²) in [5.41, 5.74) is 10.2. The molecule has 0 saturated carbocycles. The van der Waals surface area contributed by atoms with Crippen molar-refractivity contribution in [1.29, 1.82) is 0 Å². The van der Waals surface area contributed by atoms with Crippen molar-refractivity contribution in [3.63, 3.8) is 0 Å². The smallest absolute Gasteiger partial charge is 0.0480 e. The number of rotatable bonds is 4. The van der Waals surface area contributed by atoms with Crippen LogP contribution < -0.4 is 5.73 Å². The minimum atomic E-state index is 0.310. The second kappa shape index (κ2) is 6.51. The lowest BCUT2D eigenvalue weighted by molar-refractivity contribution is 0.0292. The van der Waals surface area contributed by atoms with E-state index in [0.717, 1.165) is 26.1 Å². The summed E-state index contributed by atoms with van der Waals surface area (Å²) in [6.45, 7) is 6.78. The lowest BCUT2D eigenvalue weighted by atomic mass is 9.93. The van der Waals surface area contributed by atoms with Crippen LogP contribution in [0, 0.1) is 13.8 Å². The van der Waals surface area contributed by atoms with E-state index in [-0.39, 0.29) is 0 Å². The van der Waals surface area contributed by atoms with Crippen LogP contribution in [0.5, 0.6) is 0 Å². The first-order valence-corrected chi connectivity index (χ1v) is 7.21. The van der Waals surface area contributed by atoms with Crippen LogP contribution in [0.4, 0.5) is 0 Å². The van der Waals surface area contributed by atoms with Gasteiger partial charge in [-0.15, -0.1) is 0 Å². The molecule has 1 aromatic rings. The SMILES string of the molecule is Cc1cccc(C)c1C(CN)N(C)C1CCOCC1. The molecular formula is C16H26N2O. The van der Waals surface area contributed by atoms with Crippen LogP contribution in [0.15, 0.2) is 18.2 Å². The Hall–Kier alpha value is -0.900. The zero-order valence-electron chi connectivity index (χ0n) is 12.4. The molecule has 2 N–H and O–H groups in total. The molecule has 1 atom stereocenters. The van der Waals surface area contributed by atoms with Crippen molar-refractivity contribution in [2.75, 3.05) is 26.8 Å². The summed E-state index contributed by atoms with van der Waals surface area (Å²) < 4.78 is 5.46. The highest BCUT2D eigenvalue weighted by Gasteiger charge is 2.26. The molecule has 0 spiro atoms. The van der Waals surface area contributed by atoms with E-state index in [9.17, 15) is 0 Å². The number of hydrogen-bond donors (Lipinski definition) is 1. The topological polar surface area (TPSA) is 38.5 Å². The fourth-order valence-corrected chi connectivity index (χ4v) is 3.19. The molecule has 19 heavy (non-hydrogen) atoms. The predicted octanol–water partition coefficient (Wildman–Crippen LogP) is 2.41. The average molecular weight is 262 g/mol. The number of aryl methyl sites for hydroxylation is 2. The third kappa shape index (κ3) is 3.16. The number of likely N-dealkylation sites (N-methyl/N-ethyl adjacent to an activating group) is 1. The van der Waals surface area contributed by atoms with Gasteiger partial charge >= 0.3 is 0 Å². The summed E-state index contributed by atoms with van der Waals surface area (Å²) in [5, 5.41) is 0. The highest BCUT2D eigenvalue weighted by molar-refractivity contribution is 5.36. The number of nitrogens with two attached hydrogens (primary N) is 1. The molecule has 0 bridgehead atoms. The summed E-state index contributed by atoms with van der Waals surface area (Å²) in [6, 6.07) is 7.38. The molecule has 1 unspecified atom stereocenters. The van der Waals surface area contributed by atoms with Crippen LogP contribution in [0.3, 0.4) is 0 Å². The molecule has 1 aromatic carbocycles. The van der Waals surface area contributed by atoms with Gasteiger partial charge in [-0.1, -0.05) is 18.2 Å². The number of benzene rings is 1. The Balaban J connectivity index is 2.23. The van der Waals surface area contributed by atoms with E-state index in [1.54, 1.807) is 0 Å². The van der Waals surface area contributed by atoms with Gasteiger partial charge < -0.3 is 10.5 Å². The maximum atomic E-state index is 6.08. The summed E-state index contributed by atoms with van der Waals surface area (Å²) in [4.78, 5) is 2.46. The zero-order chi connectivity index (χ0) is 13.8. The molecule has 3 heteroatoms. The van der Waals surface area contributed by atoms with E-state index in [4.69, 9.17) is 10.5 Å². The average Bonchev–Trinajstić information content (AvgIpc) is 2.43. The molecular weight excluding hydrogens is 236 g/mol. The van der Waals surface area contributed by atoms with Gasteiger partial charge in [0.05, 0.1) is 0 Å². The van der Waals surface area contributed by atoms with E-state index in [1.807, 2.05) is 0 Å². The quantitative estimate of drug-likeness (QED) is 0.905. The van der Waals surface area contributed by atoms with Crippen LogP contribution in [0.25, 0.3) is 0 Å². The van der Waals surface area contributed by atoms with Crippen LogP contribution in [-0.4, -0.2) is 37.7 Å². The van der Waals surface area contributed by atoms with Gasteiger partial charge in [0.2, 0.25) is 0 Å². The maximum absolute atomic E-state index is 6.08. The van der Waals surface area contributed by atoms with E-state index in [0.29, 0.717) is 18.6 Å². The third-order valence-corrected chi connectivity index (χ3v) is 4.36. The summed E-state index contributed by atoms with van der Waals surface area (Å²) in [6.07, 6.45) is 2.22. The van der Waals surface area contributed by atoms with Gasteiger partial charge in [0.25, 0.3) is 0 Å².